The molecule has 2 aromatic rings. The van der Waals surface area contributed by atoms with Gasteiger partial charge in [0.15, 0.2) is 17.3 Å². The average molecular weight is 402 g/mol. The number of carbonyl (C=O) groups excluding carboxylic acids is 2. The molecule has 0 aliphatic rings. The molecule has 0 fully saturated rings. The van der Waals surface area contributed by atoms with Gasteiger partial charge in [-0.25, -0.2) is 0 Å². The van der Waals surface area contributed by atoms with Crippen LogP contribution in [0.4, 0.5) is 0 Å². The largest absolute Gasteiger partial charge is 0.493 e. The van der Waals surface area contributed by atoms with Crippen molar-refractivity contribution < 1.29 is 28.2 Å². The van der Waals surface area contributed by atoms with Gasteiger partial charge >= 0.3 is 0 Å². The van der Waals surface area contributed by atoms with Crippen molar-refractivity contribution in [3.05, 3.63) is 47.5 Å². The Morgan fingerprint density at radius 1 is 1.03 bits per heavy atom. The molecule has 0 saturated carbocycles. The zero-order valence-corrected chi connectivity index (χ0v) is 17.3. The summed E-state index contributed by atoms with van der Waals surface area (Å²) in [5, 5.41) is 2.64. The van der Waals surface area contributed by atoms with E-state index in [-0.39, 0.29) is 17.4 Å². The summed E-state index contributed by atoms with van der Waals surface area (Å²) in [6.45, 7) is 4.72. The minimum Gasteiger partial charge on any atom is -0.493 e. The van der Waals surface area contributed by atoms with Crippen LogP contribution in [0.2, 0.25) is 0 Å². The second-order valence-electron chi connectivity index (χ2n) is 5.89. The number of nitrogens with zero attached hydrogens (tertiary/aromatic N) is 1. The lowest BCUT2D eigenvalue weighted by atomic mass is 10.1. The van der Waals surface area contributed by atoms with Gasteiger partial charge in [-0.3, -0.25) is 9.59 Å². The summed E-state index contributed by atoms with van der Waals surface area (Å²) in [6.07, 6.45) is 2.93. The van der Waals surface area contributed by atoms with Crippen LogP contribution in [0.25, 0.3) is 6.08 Å². The topological polar surface area (TPSA) is 90.2 Å². The van der Waals surface area contributed by atoms with E-state index in [4.69, 9.17) is 18.6 Å². The average Bonchev–Trinajstić information content (AvgIpc) is 3.28. The fourth-order valence-corrected chi connectivity index (χ4v) is 2.82. The Labute approximate surface area is 170 Å². The molecule has 0 bridgehead atoms. The van der Waals surface area contributed by atoms with E-state index in [1.807, 2.05) is 13.8 Å². The van der Waals surface area contributed by atoms with E-state index >= 15 is 0 Å². The highest BCUT2D eigenvalue weighted by Gasteiger charge is 2.22. The Morgan fingerprint density at radius 3 is 2.24 bits per heavy atom. The van der Waals surface area contributed by atoms with Crippen molar-refractivity contribution in [1.29, 1.82) is 0 Å². The number of furan rings is 1. The third-order valence-electron chi connectivity index (χ3n) is 4.31. The maximum Gasteiger partial charge on any atom is 0.291 e. The Balaban J connectivity index is 2.54. The predicted molar refractivity (Wildman–Crippen MR) is 108 cm³/mol. The lowest BCUT2D eigenvalue weighted by Crippen LogP contribution is -2.38. The lowest BCUT2D eigenvalue weighted by molar-refractivity contribution is -0.127. The van der Waals surface area contributed by atoms with E-state index in [1.54, 1.807) is 29.2 Å². The molecule has 0 aliphatic heterocycles. The standard InChI is InChI=1S/C21H26N2O6/c1-6-23(7-2)21(25)15(22-20(24)17-9-8-12-29-17)13-14-10-11-16(26-3)19(28-5)18(14)27-4/h8-13H,6-7H2,1-5H3,(H,22,24)/b15-13-. The van der Waals surface area contributed by atoms with Gasteiger partial charge in [0.05, 0.1) is 27.6 Å². The summed E-state index contributed by atoms with van der Waals surface area (Å²) in [4.78, 5) is 27.1. The molecular formula is C21H26N2O6. The van der Waals surface area contributed by atoms with Gasteiger partial charge in [0.2, 0.25) is 5.75 Å². The van der Waals surface area contributed by atoms with Crippen LogP contribution in [0.1, 0.15) is 30.0 Å². The first-order valence-electron chi connectivity index (χ1n) is 9.15. The van der Waals surface area contributed by atoms with Gasteiger partial charge in [0, 0.05) is 18.7 Å². The van der Waals surface area contributed by atoms with Crippen molar-refractivity contribution in [3.8, 4) is 17.2 Å². The Bertz CT molecular complexity index is 870. The molecule has 1 aromatic heterocycles. The molecule has 0 saturated heterocycles. The monoisotopic (exact) mass is 402 g/mol. The van der Waals surface area contributed by atoms with Crippen LogP contribution in [0.3, 0.4) is 0 Å². The highest BCUT2D eigenvalue weighted by Crippen LogP contribution is 2.40. The Hall–Kier alpha value is -3.42. The molecular weight excluding hydrogens is 376 g/mol. The van der Waals surface area contributed by atoms with Crippen molar-refractivity contribution in [3.63, 3.8) is 0 Å². The Morgan fingerprint density at radius 2 is 1.72 bits per heavy atom. The minimum atomic E-state index is -0.527. The number of nitrogens with one attached hydrogen (secondary N) is 1. The molecule has 0 radical (unpaired) electrons. The minimum absolute atomic E-state index is 0.0839. The summed E-state index contributed by atoms with van der Waals surface area (Å²) < 4.78 is 21.3. The smallest absolute Gasteiger partial charge is 0.291 e. The molecule has 0 spiro atoms. The van der Waals surface area contributed by atoms with E-state index < -0.39 is 5.91 Å². The molecule has 8 nitrogen and oxygen atoms in total. The fourth-order valence-electron chi connectivity index (χ4n) is 2.82. The number of benzene rings is 1. The van der Waals surface area contributed by atoms with E-state index in [2.05, 4.69) is 5.32 Å². The summed E-state index contributed by atoms with van der Waals surface area (Å²) in [6, 6.07) is 6.53. The number of rotatable bonds is 9. The third-order valence-corrected chi connectivity index (χ3v) is 4.31. The number of hydrogen-bond acceptors (Lipinski definition) is 6. The fraction of sp³-hybridized carbons (Fsp3) is 0.333. The van der Waals surface area contributed by atoms with Crippen molar-refractivity contribution in [2.24, 2.45) is 0 Å². The Kier molecular flexibility index (Phi) is 7.70. The normalized spacial score (nSPS) is 11.0. The van der Waals surface area contributed by atoms with Gasteiger partial charge in [-0.1, -0.05) is 0 Å². The predicted octanol–water partition coefficient (Wildman–Crippen LogP) is 2.94. The van der Waals surface area contributed by atoms with Crippen molar-refractivity contribution in [2.45, 2.75) is 13.8 Å². The number of likely N-dealkylation sites (N-methyl/N-ethyl adjacent to an activating group) is 1. The molecule has 1 aromatic carbocycles. The van der Waals surface area contributed by atoms with E-state index in [1.165, 1.54) is 33.7 Å². The third kappa shape index (κ3) is 4.90. The molecule has 2 rings (SSSR count). The quantitative estimate of drug-likeness (QED) is 0.649. The van der Waals surface area contributed by atoms with Crippen molar-refractivity contribution in [1.82, 2.24) is 10.2 Å². The summed E-state index contributed by atoms with van der Waals surface area (Å²) in [7, 11) is 4.50. The zero-order valence-electron chi connectivity index (χ0n) is 17.3. The molecule has 0 aliphatic carbocycles. The highest BCUT2D eigenvalue weighted by molar-refractivity contribution is 6.04. The van der Waals surface area contributed by atoms with E-state index in [0.717, 1.165) is 0 Å². The molecule has 2 amide bonds. The van der Waals surface area contributed by atoms with Crippen LogP contribution >= 0.6 is 0 Å². The van der Waals surface area contributed by atoms with Crippen molar-refractivity contribution >= 4 is 17.9 Å². The van der Waals surface area contributed by atoms with Gasteiger partial charge in [0.1, 0.15) is 5.70 Å². The van der Waals surface area contributed by atoms with Gasteiger partial charge in [-0.15, -0.1) is 0 Å². The van der Waals surface area contributed by atoms with Crippen LogP contribution in [-0.2, 0) is 4.79 Å². The number of ether oxygens (including phenoxy) is 3. The molecule has 8 heteroatoms. The van der Waals surface area contributed by atoms with Crippen LogP contribution < -0.4 is 19.5 Å². The second-order valence-corrected chi connectivity index (χ2v) is 5.89. The SMILES string of the molecule is CCN(CC)C(=O)/C(=C/c1ccc(OC)c(OC)c1OC)NC(=O)c1ccco1. The molecule has 29 heavy (non-hydrogen) atoms. The van der Waals surface area contributed by atoms with Crippen LogP contribution in [0.15, 0.2) is 40.6 Å². The van der Waals surface area contributed by atoms with Crippen LogP contribution in [0, 0.1) is 0 Å². The summed E-state index contributed by atoms with van der Waals surface area (Å²) in [5.74, 6) is 0.493. The molecule has 0 atom stereocenters. The molecule has 1 N–H and O–H groups in total. The first kappa shape index (κ1) is 21.9. The molecule has 1 heterocycles. The number of hydrogen-bond donors (Lipinski definition) is 1. The van der Waals surface area contributed by atoms with Gasteiger partial charge in [-0.05, 0) is 44.2 Å². The summed E-state index contributed by atoms with van der Waals surface area (Å²) >= 11 is 0. The van der Waals surface area contributed by atoms with Gasteiger partial charge < -0.3 is 28.8 Å². The number of methoxy groups -OCH3 is 3. The summed E-state index contributed by atoms with van der Waals surface area (Å²) in [5.41, 5.74) is 0.626. The first-order valence-corrected chi connectivity index (χ1v) is 9.15. The molecule has 156 valence electrons. The van der Waals surface area contributed by atoms with Crippen molar-refractivity contribution in [2.75, 3.05) is 34.4 Å². The zero-order chi connectivity index (χ0) is 21.4. The van der Waals surface area contributed by atoms with E-state index in [9.17, 15) is 9.59 Å². The maximum absolute atomic E-state index is 13.0. The number of carbonyl (C=O) groups is 2. The van der Waals surface area contributed by atoms with Crippen LogP contribution in [-0.4, -0.2) is 51.1 Å². The second kappa shape index (κ2) is 10.2. The molecule has 0 unspecified atom stereocenters. The van der Waals surface area contributed by atoms with Gasteiger partial charge in [-0.2, -0.15) is 0 Å². The van der Waals surface area contributed by atoms with Crippen LogP contribution in [0.5, 0.6) is 17.2 Å². The lowest BCUT2D eigenvalue weighted by Gasteiger charge is -2.21. The van der Waals surface area contributed by atoms with E-state index in [0.29, 0.717) is 35.9 Å². The number of amides is 2. The van der Waals surface area contributed by atoms with Gasteiger partial charge in [0.25, 0.3) is 11.8 Å². The first-order chi connectivity index (χ1) is 14.0. The maximum atomic E-state index is 13.0. The highest BCUT2D eigenvalue weighted by atomic mass is 16.5.